The minimum Gasteiger partial charge on any atom is -0.478 e. The fourth-order valence-corrected chi connectivity index (χ4v) is 1.46. The van der Waals surface area contributed by atoms with Crippen LogP contribution in [-0.2, 0) is 0 Å². The molecule has 0 fully saturated rings. The summed E-state index contributed by atoms with van der Waals surface area (Å²) in [6, 6.07) is 6.78. The largest absolute Gasteiger partial charge is 0.478 e. The van der Waals surface area contributed by atoms with E-state index in [-0.39, 0.29) is 16.5 Å². The van der Waals surface area contributed by atoms with E-state index in [1.165, 1.54) is 30.3 Å². The zero-order valence-electron chi connectivity index (χ0n) is 8.39. The molecule has 2 rings (SSSR count). The molecule has 1 aromatic heterocycles. The van der Waals surface area contributed by atoms with Gasteiger partial charge in [-0.15, -0.1) is 10.2 Å². The Bertz CT molecular complexity index is 572. The Morgan fingerprint density at radius 1 is 1.24 bits per heavy atom. The van der Waals surface area contributed by atoms with Crippen LogP contribution in [0.1, 0.15) is 10.4 Å². The molecule has 0 bridgehead atoms. The standard InChI is InChI=1S/C11H6ClFN2O2/c12-10-8(11(16)17)5-9(14-15-10)6-1-3-7(13)4-2-6/h1-5H,(H,16,17). The lowest BCUT2D eigenvalue weighted by Gasteiger charge is -2.02. The number of carbonyl (C=O) groups is 1. The Morgan fingerprint density at radius 2 is 1.88 bits per heavy atom. The highest BCUT2D eigenvalue weighted by molar-refractivity contribution is 6.32. The second-order valence-electron chi connectivity index (χ2n) is 3.25. The van der Waals surface area contributed by atoms with Crippen LogP contribution in [0.3, 0.4) is 0 Å². The van der Waals surface area contributed by atoms with Gasteiger partial charge in [0.05, 0.1) is 5.69 Å². The molecule has 0 aliphatic rings. The maximum absolute atomic E-state index is 12.7. The fraction of sp³-hybridized carbons (Fsp3) is 0. The van der Waals surface area contributed by atoms with Crippen molar-refractivity contribution in [2.24, 2.45) is 0 Å². The molecule has 0 radical (unpaired) electrons. The molecule has 2 aromatic rings. The quantitative estimate of drug-likeness (QED) is 0.892. The summed E-state index contributed by atoms with van der Waals surface area (Å²) in [6.45, 7) is 0. The summed E-state index contributed by atoms with van der Waals surface area (Å²) in [5.41, 5.74) is 0.755. The molecule has 0 atom stereocenters. The first-order valence-corrected chi connectivity index (χ1v) is 4.98. The third kappa shape index (κ3) is 2.39. The van der Waals surface area contributed by atoms with Crippen LogP contribution >= 0.6 is 11.6 Å². The first-order chi connectivity index (χ1) is 8.08. The predicted octanol–water partition coefficient (Wildman–Crippen LogP) is 2.63. The molecule has 1 N–H and O–H groups in total. The van der Waals surface area contributed by atoms with Gasteiger partial charge in [0.1, 0.15) is 11.4 Å². The Kier molecular flexibility index (Phi) is 3.01. The number of aromatic nitrogens is 2. The fourth-order valence-electron chi connectivity index (χ4n) is 1.29. The molecule has 0 spiro atoms. The van der Waals surface area contributed by atoms with Crippen LogP contribution in [0.2, 0.25) is 5.15 Å². The van der Waals surface area contributed by atoms with E-state index < -0.39 is 5.97 Å². The van der Waals surface area contributed by atoms with Crippen LogP contribution in [0.5, 0.6) is 0 Å². The summed E-state index contributed by atoms with van der Waals surface area (Å²) in [6.07, 6.45) is 0. The van der Waals surface area contributed by atoms with Crippen molar-refractivity contribution < 1.29 is 14.3 Å². The highest BCUT2D eigenvalue weighted by Crippen LogP contribution is 2.21. The molecular weight excluding hydrogens is 247 g/mol. The van der Waals surface area contributed by atoms with Gasteiger partial charge in [-0.25, -0.2) is 9.18 Å². The first-order valence-electron chi connectivity index (χ1n) is 4.60. The Balaban J connectivity index is 2.50. The monoisotopic (exact) mass is 252 g/mol. The van der Waals surface area contributed by atoms with Gasteiger partial charge in [-0.05, 0) is 30.3 Å². The van der Waals surface area contributed by atoms with Crippen molar-refractivity contribution in [3.8, 4) is 11.3 Å². The molecule has 1 aromatic carbocycles. The summed E-state index contributed by atoms with van der Waals surface area (Å²) in [5.74, 6) is -1.57. The molecule has 0 unspecified atom stereocenters. The molecule has 1 heterocycles. The summed E-state index contributed by atoms with van der Waals surface area (Å²) in [4.78, 5) is 10.8. The van der Waals surface area contributed by atoms with Crippen LogP contribution in [0.15, 0.2) is 30.3 Å². The van der Waals surface area contributed by atoms with E-state index >= 15 is 0 Å². The molecule has 0 amide bonds. The topological polar surface area (TPSA) is 63.1 Å². The highest BCUT2D eigenvalue weighted by Gasteiger charge is 2.12. The number of halogens is 2. The minimum absolute atomic E-state index is 0.138. The second kappa shape index (κ2) is 4.47. The predicted molar refractivity (Wildman–Crippen MR) is 59.4 cm³/mol. The van der Waals surface area contributed by atoms with Gasteiger partial charge in [-0.1, -0.05) is 11.6 Å². The lowest BCUT2D eigenvalue weighted by atomic mass is 10.1. The maximum atomic E-state index is 12.7. The lowest BCUT2D eigenvalue weighted by molar-refractivity contribution is 0.0696. The van der Waals surface area contributed by atoms with Crippen LogP contribution in [-0.4, -0.2) is 21.3 Å². The minimum atomic E-state index is -1.19. The molecule has 0 saturated carbocycles. The van der Waals surface area contributed by atoms with Crippen LogP contribution in [0.25, 0.3) is 11.3 Å². The molecule has 0 aliphatic carbocycles. The van der Waals surface area contributed by atoms with Crippen molar-refractivity contribution in [1.82, 2.24) is 10.2 Å². The third-order valence-electron chi connectivity index (χ3n) is 2.12. The van der Waals surface area contributed by atoms with E-state index in [0.29, 0.717) is 11.3 Å². The second-order valence-corrected chi connectivity index (χ2v) is 3.60. The van der Waals surface area contributed by atoms with Crippen molar-refractivity contribution in [3.05, 3.63) is 46.9 Å². The Labute approximate surface area is 101 Å². The molecule has 6 heteroatoms. The van der Waals surface area contributed by atoms with Crippen molar-refractivity contribution >= 4 is 17.6 Å². The zero-order chi connectivity index (χ0) is 12.4. The van der Waals surface area contributed by atoms with Gasteiger partial charge in [0.25, 0.3) is 0 Å². The molecule has 0 aliphatic heterocycles. The van der Waals surface area contributed by atoms with E-state index in [1.807, 2.05) is 0 Å². The number of carboxylic acids is 1. The summed E-state index contributed by atoms with van der Waals surface area (Å²) in [5, 5.41) is 16.0. The van der Waals surface area contributed by atoms with E-state index in [0.717, 1.165) is 0 Å². The van der Waals surface area contributed by atoms with Gasteiger partial charge in [0.15, 0.2) is 5.15 Å². The van der Waals surface area contributed by atoms with E-state index in [4.69, 9.17) is 16.7 Å². The van der Waals surface area contributed by atoms with Crippen molar-refractivity contribution in [2.75, 3.05) is 0 Å². The Morgan fingerprint density at radius 3 is 2.47 bits per heavy atom. The lowest BCUT2D eigenvalue weighted by Crippen LogP contribution is -2.01. The van der Waals surface area contributed by atoms with Gasteiger partial charge in [0.2, 0.25) is 0 Å². The summed E-state index contributed by atoms with van der Waals surface area (Å²) >= 11 is 5.59. The van der Waals surface area contributed by atoms with Crippen molar-refractivity contribution in [2.45, 2.75) is 0 Å². The van der Waals surface area contributed by atoms with Crippen molar-refractivity contribution in [1.29, 1.82) is 0 Å². The van der Waals surface area contributed by atoms with Crippen LogP contribution in [0, 0.1) is 5.82 Å². The molecular formula is C11H6ClFN2O2. The van der Waals surface area contributed by atoms with E-state index in [2.05, 4.69) is 10.2 Å². The van der Waals surface area contributed by atoms with Crippen LogP contribution < -0.4 is 0 Å². The number of hydrogen-bond acceptors (Lipinski definition) is 3. The summed E-state index contributed by atoms with van der Waals surface area (Å²) in [7, 11) is 0. The van der Waals surface area contributed by atoms with Gasteiger partial charge < -0.3 is 5.11 Å². The third-order valence-corrected chi connectivity index (χ3v) is 2.40. The number of hydrogen-bond donors (Lipinski definition) is 1. The average molecular weight is 253 g/mol. The summed E-state index contributed by atoms with van der Waals surface area (Å²) < 4.78 is 12.7. The van der Waals surface area contributed by atoms with Gasteiger partial charge in [-0.3, -0.25) is 0 Å². The molecule has 0 saturated heterocycles. The van der Waals surface area contributed by atoms with Gasteiger partial charge in [0, 0.05) is 5.56 Å². The maximum Gasteiger partial charge on any atom is 0.338 e. The number of nitrogens with zero attached hydrogens (tertiary/aromatic N) is 2. The zero-order valence-corrected chi connectivity index (χ0v) is 9.15. The first kappa shape index (κ1) is 11.5. The van der Waals surface area contributed by atoms with Gasteiger partial charge >= 0.3 is 5.97 Å². The van der Waals surface area contributed by atoms with Crippen LogP contribution in [0.4, 0.5) is 4.39 Å². The van der Waals surface area contributed by atoms with E-state index in [9.17, 15) is 9.18 Å². The van der Waals surface area contributed by atoms with Crippen molar-refractivity contribution in [3.63, 3.8) is 0 Å². The van der Waals surface area contributed by atoms with Gasteiger partial charge in [-0.2, -0.15) is 0 Å². The molecule has 4 nitrogen and oxygen atoms in total. The number of benzene rings is 1. The number of aromatic carboxylic acids is 1. The molecule has 17 heavy (non-hydrogen) atoms. The van der Waals surface area contributed by atoms with E-state index in [1.54, 1.807) is 0 Å². The molecule has 86 valence electrons. The number of rotatable bonds is 2. The smallest absolute Gasteiger partial charge is 0.338 e. The SMILES string of the molecule is O=C(O)c1cc(-c2ccc(F)cc2)nnc1Cl. The normalized spacial score (nSPS) is 10.2. The highest BCUT2D eigenvalue weighted by atomic mass is 35.5. The average Bonchev–Trinajstić information content (AvgIpc) is 2.30. The number of carboxylic acid groups (broad SMARTS) is 1. The Hall–Kier alpha value is -2.01.